The van der Waals surface area contributed by atoms with Crippen LogP contribution in [0.15, 0.2) is 18.2 Å². The molecule has 1 aliphatic carbocycles. The molecule has 0 radical (unpaired) electrons. The molecule has 1 aromatic carbocycles. The van der Waals surface area contributed by atoms with Crippen LogP contribution in [0, 0.1) is 19.8 Å². The molecule has 2 rings (SSSR count). The molecule has 3 atom stereocenters. The minimum absolute atomic E-state index is 0.751. The molecule has 1 nitrogen and oxygen atoms in total. The fourth-order valence-corrected chi connectivity index (χ4v) is 3.22. The van der Waals surface area contributed by atoms with E-state index in [1.165, 1.54) is 36.9 Å². The van der Waals surface area contributed by atoms with Gasteiger partial charge in [0, 0.05) is 6.04 Å². The first kappa shape index (κ1) is 13.6. The third-order valence-corrected chi connectivity index (χ3v) is 4.63. The van der Waals surface area contributed by atoms with E-state index in [9.17, 15) is 0 Å². The largest absolute Gasteiger partial charge is 0.314 e. The normalized spacial score (nSPS) is 27.0. The lowest BCUT2D eigenvalue weighted by atomic mass is 9.64. The number of rotatable bonds is 5. The summed E-state index contributed by atoms with van der Waals surface area (Å²) in [5, 5.41) is 3.70. The van der Waals surface area contributed by atoms with Crippen LogP contribution in [0.3, 0.4) is 0 Å². The van der Waals surface area contributed by atoms with Gasteiger partial charge in [-0.05, 0) is 61.8 Å². The molecule has 3 unspecified atom stereocenters. The van der Waals surface area contributed by atoms with Crippen molar-refractivity contribution in [2.24, 2.45) is 5.92 Å². The van der Waals surface area contributed by atoms with Gasteiger partial charge < -0.3 is 5.32 Å². The Kier molecular flexibility index (Phi) is 4.45. The summed E-state index contributed by atoms with van der Waals surface area (Å²) in [5.74, 6) is 1.61. The van der Waals surface area contributed by atoms with E-state index in [0.29, 0.717) is 0 Å². The van der Waals surface area contributed by atoms with Crippen molar-refractivity contribution in [1.82, 2.24) is 5.32 Å². The van der Waals surface area contributed by atoms with Crippen LogP contribution < -0.4 is 5.32 Å². The first-order chi connectivity index (χ1) is 8.67. The third-order valence-electron chi connectivity index (χ3n) is 4.63. The van der Waals surface area contributed by atoms with Gasteiger partial charge in [0.25, 0.3) is 0 Å². The number of hydrogen-bond donors (Lipinski definition) is 1. The second-order valence-corrected chi connectivity index (χ2v) is 5.82. The summed E-state index contributed by atoms with van der Waals surface area (Å²) in [7, 11) is 0. The molecule has 0 amide bonds. The molecular weight excluding hydrogens is 218 g/mol. The highest BCUT2D eigenvalue weighted by Gasteiger charge is 2.39. The Balaban J connectivity index is 2.04. The number of aryl methyl sites for hydroxylation is 2. The van der Waals surface area contributed by atoms with E-state index in [2.05, 4.69) is 51.2 Å². The highest BCUT2D eigenvalue weighted by atomic mass is 14.9. The Morgan fingerprint density at radius 1 is 1.17 bits per heavy atom. The Morgan fingerprint density at radius 3 is 2.56 bits per heavy atom. The summed E-state index contributed by atoms with van der Waals surface area (Å²) < 4.78 is 0. The summed E-state index contributed by atoms with van der Waals surface area (Å²) in [6.45, 7) is 10.2. The van der Waals surface area contributed by atoms with Gasteiger partial charge in [0.05, 0.1) is 0 Å². The van der Waals surface area contributed by atoms with Gasteiger partial charge in [0.1, 0.15) is 0 Å². The highest BCUT2D eigenvalue weighted by molar-refractivity contribution is 5.34. The molecule has 1 aliphatic rings. The Labute approximate surface area is 112 Å². The van der Waals surface area contributed by atoms with Crippen LogP contribution in [0.4, 0.5) is 0 Å². The van der Waals surface area contributed by atoms with Crippen LogP contribution in [0.25, 0.3) is 0 Å². The predicted octanol–water partition coefficient (Wildman–Crippen LogP) is 4.19. The van der Waals surface area contributed by atoms with E-state index in [1.54, 1.807) is 5.56 Å². The van der Waals surface area contributed by atoms with Gasteiger partial charge in [0.15, 0.2) is 0 Å². The molecule has 1 N–H and O–H groups in total. The average molecular weight is 245 g/mol. The number of nitrogens with one attached hydrogen (secondary N) is 1. The van der Waals surface area contributed by atoms with Crippen LogP contribution in [-0.2, 0) is 0 Å². The van der Waals surface area contributed by atoms with Crippen molar-refractivity contribution < 1.29 is 0 Å². The van der Waals surface area contributed by atoms with E-state index >= 15 is 0 Å². The molecule has 1 heteroatoms. The van der Waals surface area contributed by atoms with Crippen LogP contribution >= 0.6 is 0 Å². The van der Waals surface area contributed by atoms with Gasteiger partial charge in [-0.2, -0.15) is 0 Å². The van der Waals surface area contributed by atoms with E-state index in [-0.39, 0.29) is 0 Å². The smallest absolute Gasteiger partial charge is 0.0107 e. The van der Waals surface area contributed by atoms with E-state index < -0.39 is 0 Å². The molecule has 18 heavy (non-hydrogen) atoms. The van der Waals surface area contributed by atoms with Gasteiger partial charge in [-0.1, -0.05) is 38.5 Å². The van der Waals surface area contributed by atoms with Crippen molar-refractivity contribution in [2.45, 2.75) is 58.9 Å². The second kappa shape index (κ2) is 5.88. The SMILES string of the molecule is CCCNC1CC(c2ccc(C)c(C)c2)C1CC. The fourth-order valence-electron chi connectivity index (χ4n) is 3.22. The lowest BCUT2D eigenvalue weighted by molar-refractivity contribution is 0.161. The molecule has 0 heterocycles. The minimum Gasteiger partial charge on any atom is -0.314 e. The molecule has 0 aliphatic heterocycles. The summed E-state index contributed by atoms with van der Waals surface area (Å²) in [4.78, 5) is 0. The summed E-state index contributed by atoms with van der Waals surface area (Å²) in [5.41, 5.74) is 4.40. The fraction of sp³-hybridized carbons (Fsp3) is 0.647. The van der Waals surface area contributed by atoms with Crippen molar-refractivity contribution in [3.63, 3.8) is 0 Å². The van der Waals surface area contributed by atoms with E-state index in [1.807, 2.05) is 0 Å². The lowest BCUT2D eigenvalue weighted by Crippen LogP contribution is -2.49. The van der Waals surface area contributed by atoms with Crippen LogP contribution in [0.1, 0.15) is 55.7 Å². The zero-order chi connectivity index (χ0) is 13.1. The zero-order valence-corrected chi connectivity index (χ0v) is 12.3. The maximum atomic E-state index is 3.70. The van der Waals surface area contributed by atoms with E-state index in [0.717, 1.165) is 17.9 Å². The number of benzene rings is 1. The van der Waals surface area contributed by atoms with Gasteiger partial charge in [-0.25, -0.2) is 0 Å². The van der Waals surface area contributed by atoms with Gasteiger partial charge in [-0.3, -0.25) is 0 Å². The second-order valence-electron chi connectivity index (χ2n) is 5.82. The lowest BCUT2D eigenvalue weighted by Gasteiger charge is -2.45. The summed E-state index contributed by atoms with van der Waals surface area (Å²) in [6, 6.07) is 7.77. The molecule has 1 aromatic rings. The third kappa shape index (κ3) is 2.61. The molecule has 1 fully saturated rings. The molecule has 0 saturated heterocycles. The molecule has 0 bridgehead atoms. The van der Waals surface area contributed by atoms with Gasteiger partial charge in [-0.15, -0.1) is 0 Å². The molecular formula is C17H27N. The predicted molar refractivity (Wildman–Crippen MR) is 79.1 cm³/mol. The Morgan fingerprint density at radius 2 is 1.94 bits per heavy atom. The maximum Gasteiger partial charge on any atom is 0.0107 e. The van der Waals surface area contributed by atoms with Gasteiger partial charge >= 0.3 is 0 Å². The Hall–Kier alpha value is -0.820. The molecule has 1 saturated carbocycles. The van der Waals surface area contributed by atoms with Crippen molar-refractivity contribution in [3.05, 3.63) is 34.9 Å². The highest BCUT2D eigenvalue weighted by Crippen LogP contribution is 2.44. The summed E-state index contributed by atoms with van der Waals surface area (Å²) in [6.07, 6.45) is 3.85. The summed E-state index contributed by atoms with van der Waals surface area (Å²) >= 11 is 0. The molecule has 0 spiro atoms. The van der Waals surface area contributed by atoms with Crippen molar-refractivity contribution >= 4 is 0 Å². The van der Waals surface area contributed by atoms with Crippen LogP contribution in [0.2, 0.25) is 0 Å². The zero-order valence-electron chi connectivity index (χ0n) is 12.3. The maximum absolute atomic E-state index is 3.70. The first-order valence-corrected chi connectivity index (χ1v) is 7.47. The van der Waals surface area contributed by atoms with Crippen LogP contribution in [-0.4, -0.2) is 12.6 Å². The first-order valence-electron chi connectivity index (χ1n) is 7.47. The molecule has 0 aromatic heterocycles. The van der Waals surface area contributed by atoms with Gasteiger partial charge in [0.2, 0.25) is 0 Å². The number of hydrogen-bond acceptors (Lipinski definition) is 1. The van der Waals surface area contributed by atoms with E-state index in [4.69, 9.17) is 0 Å². The van der Waals surface area contributed by atoms with Crippen molar-refractivity contribution in [3.8, 4) is 0 Å². The standard InChI is InChI=1S/C17H27N/c1-5-9-18-17-11-16(15(17)6-2)14-8-7-12(3)13(4)10-14/h7-8,10,15-18H,5-6,9,11H2,1-4H3. The van der Waals surface area contributed by atoms with Crippen molar-refractivity contribution in [1.29, 1.82) is 0 Å². The monoisotopic (exact) mass is 245 g/mol. The average Bonchev–Trinajstić information content (AvgIpc) is 2.33. The Bertz CT molecular complexity index is 397. The molecule has 100 valence electrons. The topological polar surface area (TPSA) is 12.0 Å². The quantitative estimate of drug-likeness (QED) is 0.820. The minimum atomic E-state index is 0.751. The van der Waals surface area contributed by atoms with Crippen LogP contribution in [0.5, 0.6) is 0 Å². The van der Waals surface area contributed by atoms with Crippen molar-refractivity contribution in [2.75, 3.05) is 6.54 Å².